The number of hydrogen-bond acceptors (Lipinski definition) is 3. The molecule has 1 rings (SSSR count). The maximum Gasteiger partial charge on any atom is 0.433 e. The van der Waals surface area contributed by atoms with Crippen molar-refractivity contribution < 1.29 is 31.5 Å². The number of aromatic nitrogens is 1. The third-order valence-electron chi connectivity index (χ3n) is 1.91. The second kappa shape index (κ2) is 4.64. The fourth-order valence-corrected chi connectivity index (χ4v) is 1.27. The van der Waals surface area contributed by atoms with E-state index in [0.29, 0.717) is 6.20 Å². The second-order valence-electron chi connectivity index (χ2n) is 2.93. The van der Waals surface area contributed by atoms with Gasteiger partial charge in [0, 0.05) is 6.20 Å². The molecule has 17 heavy (non-hydrogen) atoms. The summed E-state index contributed by atoms with van der Waals surface area (Å²) in [5.74, 6) is -0.808. The maximum absolute atomic E-state index is 12.6. The zero-order valence-corrected chi connectivity index (χ0v) is 8.39. The number of ether oxygens (including phenoxy) is 1. The van der Waals surface area contributed by atoms with E-state index in [1.165, 1.54) is 0 Å². The average molecular weight is 255 g/mol. The van der Waals surface area contributed by atoms with Crippen LogP contribution in [0.2, 0.25) is 0 Å². The largest absolute Gasteiger partial charge is 0.495 e. The molecule has 0 aromatic carbocycles. The van der Waals surface area contributed by atoms with Gasteiger partial charge in [-0.15, -0.1) is 0 Å². The first-order chi connectivity index (χ1) is 7.82. The summed E-state index contributed by atoms with van der Waals surface area (Å²) < 4.78 is 66.8. The Kier molecular flexibility index (Phi) is 3.64. The fourth-order valence-electron chi connectivity index (χ4n) is 1.27. The molecule has 0 unspecified atom stereocenters. The minimum atomic E-state index is -5.04. The van der Waals surface area contributed by atoms with E-state index < -0.39 is 35.2 Å². The van der Waals surface area contributed by atoms with Crippen molar-refractivity contribution in [2.45, 2.75) is 12.6 Å². The van der Waals surface area contributed by atoms with Crippen molar-refractivity contribution in [3.8, 4) is 5.75 Å². The number of nitrogens with zero attached hydrogens (tertiary/aromatic N) is 1. The molecule has 0 spiro atoms. The van der Waals surface area contributed by atoms with Gasteiger partial charge in [0.05, 0.1) is 18.2 Å². The summed E-state index contributed by atoms with van der Waals surface area (Å²) in [6.07, 6.45) is -7.85. The Balaban J connectivity index is 3.59. The van der Waals surface area contributed by atoms with Crippen molar-refractivity contribution in [3.63, 3.8) is 0 Å². The lowest BCUT2D eigenvalue weighted by molar-refractivity contribution is -0.143. The number of aldehydes is 1. The molecule has 94 valence electrons. The van der Waals surface area contributed by atoms with Crippen LogP contribution in [0.1, 0.15) is 28.0 Å². The zero-order chi connectivity index (χ0) is 13.2. The van der Waals surface area contributed by atoms with Crippen molar-refractivity contribution in [1.82, 2.24) is 4.98 Å². The van der Waals surface area contributed by atoms with Crippen LogP contribution >= 0.6 is 0 Å². The SMILES string of the molecule is COc1c(C=O)cnc(C(F)(F)F)c1C(F)F. The Hall–Kier alpha value is -1.73. The van der Waals surface area contributed by atoms with Gasteiger partial charge in [-0.1, -0.05) is 0 Å². The van der Waals surface area contributed by atoms with Gasteiger partial charge >= 0.3 is 6.18 Å². The molecule has 0 bridgehead atoms. The molecule has 0 atom stereocenters. The lowest BCUT2D eigenvalue weighted by atomic mass is 10.1. The molecule has 1 aromatic rings. The van der Waals surface area contributed by atoms with E-state index in [1.54, 1.807) is 0 Å². The van der Waals surface area contributed by atoms with Crippen LogP contribution in [0.3, 0.4) is 0 Å². The van der Waals surface area contributed by atoms with E-state index in [-0.39, 0.29) is 6.29 Å². The van der Waals surface area contributed by atoms with Crippen LogP contribution in [0.25, 0.3) is 0 Å². The van der Waals surface area contributed by atoms with Gasteiger partial charge in [0.2, 0.25) is 0 Å². The average Bonchev–Trinajstić information content (AvgIpc) is 2.25. The van der Waals surface area contributed by atoms with Crippen LogP contribution < -0.4 is 4.74 Å². The van der Waals surface area contributed by atoms with E-state index in [9.17, 15) is 26.7 Å². The zero-order valence-electron chi connectivity index (χ0n) is 8.39. The lowest BCUT2D eigenvalue weighted by Gasteiger charge is -2.15. The molecule has 0 aliphatic heterocycles. The minimum absolute atomic E-state index is 0.0951. The third-order valence-corrected chi connectivity index (χ3v) is 1.91. The van der Waals surface area contributed by atoms with Crippen LogP contribution in [0.4, 0.5) is 22.0 Å². The molecule has 0 aliphatic rings. The molecule has 0 aliphatic carbocycles. The first-order valence-corrected chi connectivity index (χ1v) is 4.20. The molecule has 0 radical (unpaired) electrons. The quantitative estimate of drug-likeness (QED) is 0.615. The van der Waals surface area contributed by atoms with Gasteiger partial charge in [-0.05, 0) is 0 Å². The molecule has 0 N–H and O–H groups in total. The van der Waals surface area contributed by atoms with Crippen molar-refractivity contribution in [1.29, 1.82) is 0 Å². The Morgan fingerprint density at radius 2 is 2.00 bits per heavy atom. The fraction of sp³-hybridized carbons (Fsp3) is 0.333. The number of methoxy groups -OCH3 is 1. The molecule has 1 aromatic heterocycles. The topological polar surface area (TPSA) is 39.2 Å². The summed E-state index contributed by atoms with van der Waals surface area (Å²) in [6, 6.07) is 0. The van der Waals surface area contributed by atoms with Crippen LogP contribution in [-0.2, 0) is 6.18 Å². The third kappa shape index (κ3) is 2.51. The number of halogens is 5. The Morgan fingerprint density at radius 1 is 1.41 bits per heavy atom. The summed E-state index contributed by atoms with van der Waals surface area (Å²) in [7, 11) is 0.897. The maximum atomic E-state index is 12.6. The van der Waals surface area contributed by atoms with E-state index in [2.05, 4.69) is 9.72 Å². The standard InChI is InChI=1S/C9H6F5NO2/c1-17-6-4(3-16)2-15-7(9(12,13)14)5(6)8(10)11/h2-3,8H,1H3. The van der Waals surface area contributed by atoms with Crippen molar-refractivity contribution in [2.75, 3.05) is 7.11 Å². The molecule has 1 heterocycles. The van der Waals surface area contributed by atoms with Gasteiger partial charge in [0.15, 0.2) is 12.0 Å². The van der Waals surface area contributed by atoms with Crippen molar-refractivity contribution in [2.24, 2.45) is 0 Å². The number of rotatable bonds is 3. The Labute approximate surface area is 92.2 Å². The molecule has 0 saturated heterocycles. The van der Waals surface area contributed by atoms with Gasteiger partial charge in [-0.3, -0.25) is 9.78 Å². The van der Waals surface area contributed by atoms with Crippen LogP contribution in [0.5, 0.6) is 5.75 Å². The van der Waals surface area contributed by atoms with Crippen LogP contribution in [0, 0.1) is 0 Å². The summed E-state index contributed by atoms with van der Waals surface area (Å²) in [5, 5.41) is 0. The van der Waals surface area contributed by atoms with E-state index >= 15 is 0 Å². The van der Waals surface area contributed by atoms with Gasteiger partial charge in [0.25, 0.3) is 6.43 Å². The summed E-state index contributed by atoms with van der Waals surface area (Å²) in [4.78, 5) is 13.3. The second-order valence-corrected chi connectivity index (χ2v) is 2.93. The van der Waals surface area contributed by atoms with Gasteiger partial charge in [-0.25, -0.2) is 8.78 Å². The molecular weight excluding hydrogens is 249 g/mol. The smallest absolute Gasteiger partial charge is 0.433 e. The molecule has 0 fully saturated rings. The van der Waals surface area contributed by atoms with E-state index in [1.807, 2.05) is 0 Å². The number of carbonyl (C=O) groups is 1. The highest BCUT2D eigenvalue weighted by Crippen LogP contribution is 2.40. The lowest BCUT2D eigenvalue weighted by Crippen LogP contribution is -2.14. The van der Waals surface area contributed by atoms with Crippen LogP contribution in [0.15, 0.2) is 6.20 Å². The Bertz CT molecular complexity index is 430. The molecule has 8 heteroatoms. The number of hydrogen-bond donors (Lipinski definition) is 0. The Morgan fingerprint density at radius 3 is 2.35 bits per heavy atom. The van der Waals surface area contributed by atoms with Crippen LogP contribution in [-0.4, -0.2) is 18.4 Å². The highest BCUT2D eigenvalue weighted by molar-refractivity contribution is 5.80. The highest BCUT2D eigenvalue weighted by Gasteiger charge is 2.40. The van der Waals surface area contributed by atoms with Gasteiger partial charge in [-0.2, -0.15) is 13.2 Å². The van der Waals surface area contributed by atoms with E-state index in [4.69, 9.17) is 0 Å². The summed E-state index contributed by atoms with van der Waals surface area (Å²) >= 11 is 0. The first kappa shape index (κ1) is 13.3. The molecule has 0 saturated carbocycles. The molecular formula is C9H6F5NO2. The molecule has 3 nitrogen and oxygen atoms in total. The van der Waals surface area contributed by atoms with Gasteiger partial charge in [0.1, 0.15) is 5.75 Å². The minimum Gasteiger partial charge on any atom is -0.495 e. The normalized spacial score (nSPS) is 11.7. The van der Waals surface area contributed by atoms with Crippen molar-refractivity contribution >= 4 is 6.29 Å². The molecule has 0 amide bonds. The number of pyridine rings is 1. The summed E-state index contributed by atoms with van der Waals surface area (Å²) in [6.45, 7) is 0. The predicted octanol–water partition coefficient (Wildman–Crippen LogP) is 2.86. The van der Waals surface area contributed by atoms with Crippen molar-refractivity contribution in [3.05, 3.63) is 23.0 Å². The first-order valence-electron chi connectivity index (χ1n) is 4.20. The predicted molar refractivity (Wildman–Crippen MR) is 46.1 cm³/mol. The van der Waals surface area contributed by atoms with E-state index in [0.717, 1.165) is 7.11 Å². The number of alkyl halides is 5. The number of carbonyl (C=O) groups excluding carboxylic acids is 1. The monoisotopic (exact) mass is 255 g/mol. The van der Waals surface area contributed by atoms with Gasteiger partial charge < -0.3 is 4.74 Å². The summed E-state index contributed by atoms with van der Waals surface area (Å²) in [5.41, 5.74) is -3.64. The highest BCUT2D eigenvalue weighted by atomic mass is 19.4.